The molecule has 4 rings (SSSR count). The first kappa shape index (κ1) is 26.5. The number of carbonyl (C=O) groups is 1. The molecule has 36 heavy (non-hydrogen) atoms. The van der Waals surface area contributed by atoms with Crippen LogP contribution < -0.4 is 9.54 Å². The second-order valence-corrected chi connectivity index (χ2v) is 12.2. The number of rotatable bonds is 8. The monoisotopic (exact) mass is 531 g/mol. The second-order valence-electron chi connectivity index (χ2n) is 9.25. The van der Waals surface area contributed by atoms with E-state index in [0.29, 0.717) is 60.8 Å². The van der Waals surface area contributed by atoms with Gasteiger partial charge >= 0.3 is 0 Å². The summed E-state index contributed by atoms with van der Waals surface area (Å²) in [6, 6.07) is 11.8. The van der Waals surface area contributed by atoms with Crippen molar-refractivity contribution in [3.63, 3.8) is 0 Å². The van der Waals surface area contributed by atoms with Crippen molar-refractivity contribution < 1.29 is 22.7 Å². The van der Waals surface area contributed by atoms with Gasteiger partial charge in [0, 0.05) is 31.8 Å². The highest BCUT2D eigenvalue weighted by molar-refractivity contribution is 7.89. The molecule has 2 heterocycles. The quantitative estimate of drug-likeness (QED) is 0.407. The maximum absolute atomic E-state index is 13.2. The minimum absolute atomic E-state index is 0.193. The lowest BCUT2D eigenvalue weighted by Gasteiger charge is -2.34. The molecule has 1 saturated heterocycles. The van der Waals surface area contributed by atoms with Gasteiger partial charge in [-0.3, -0.25) is 4.79 Å². The standard InChI is InChI=1S/C26H33N3O5S2/c1-5-34-14-13-29-24-22(33-4)7-6-8-23(24)35-26(29)27-25(30)20-9-11-21(12-10-20)36(31,32)28-16-18(2)15-19(3)17-28/h6-12,18-19H,5,13-17H2,1-4H3. The first-order valence-corrected chi connectivity index (χ1v) is 14.4. The lowest BCUT2D eigenvalue weighted by molar-refractivity contribution is 0.0996. The number of thiazole rings is 1. The van der Waals surface area contributed by atoms with Crippen molar-refractivity contribution in [2.24, 2.45) is 16.8 Å². The maximum Gasteiger partial charge on any atom is 0.279 e. The average Bonchev–Trinajstić information content (AvgIpc) is 3.20. The van der Waals surface area contributed by atoms with Crippen LogP contribution in [0.3, 0.4) is 0 Å². The molecule has 1 fully saturated rings. The Hall–Kier alpha value is -2.53. The number of ether oxygens (including phenoxy) is 2. The number of benzene rings is 2. The molecule has 1 amide bonds. The summed E-state index contributed by atoms with van der Waals surface area (Å²) in [5.41, 5.74) is 1.19. The summed E-state index contributed by atoms with van der Waals surface area (Å²) in [5, 5.41) is 0. The van der Waals surface area contributed by atoms with Crippen LogP contribution in [0.1, 0.15) is 37.6 Å². The van der Waals surface area contributed by atoms with Gasteiger partial charge in [-0.25, -0.2) is 8.42 Å². The van der Waals surface area contributed by atoms with Gasteiger partial charge < -0.3 is 14.0 Å². The van der Waals surface area contributed by atoms with Gasteiger partial charge in [0.15, 0.2) is 4.80 Å². The number of methoxy groups -OCH3 is 1. The Balaban J connectivity index is 1.64. The zero-order valence-electron chi connectivity index (χ0n) is 21.1. The lowest BCUT2D eigenvalue weighted by Crippen LogP contribution is -2.42. The van der Waals surface area contributed by atoms with Crippen molar-refractivity contribution in [1.82, 2.24) is 8.87 Å². The summed E-state index contributed by atoms with van der Waals surface area (Å²) in [4.78, 5) is 18.2. The molecule has 0 saturated carbocycles. The van der Waals surface area contributed by atoms with Gasteiger partial charge in [-0.05, 0) is 61.6 Å². The molecule has 3 aromatic rings. The van der Waals surface area contributed by atoms with E-state index in [1.807, 2.05) is 29.7 Å². The average molecular weight is 532 g/mol. The maximum atomic E-state index is 13.2. The van der Waals surface area contributed by atoms with Gasteiger partial charge in [-0.1, -0.05) is 31.3 Å². The Morgan fingerprint density at radius 1 is 1.11 bits per heavy atom. The van der Waals surface area contributed by atoms with E-state index in [1.165, 1.54) is 35.6 Å². The van der Waals surface area contributed by atoms with E-state index in [0.717, 1.165) is 16.6 Å². The highest BCUT2D eigenvalue weighted by Crippen LogP contribution is 2.28. The van der Waals surface area contributed by atoms with Crippen LogP contribution in [0, 0.1) is 11.8 Å². The number of amides is 1. The molecule has 2 atom stereocenters. The normalized spacial score (nSPS) is 19.6. The molecule has 10 heteroatoms. The summed E-state index contributed by atoms with van der Waals surface area (Å²) in [6.07, 6.45) is 1.02. The molecule has 0 aliphatic carbocycles. The van der Waals surface area contributed by atoms with E-state index in [1.54, 1.807) is 11.4 Å². The number of hydrogen-bond acceptors (Lipinski definition) is 6. The van der Waals surface area contributed by atoms with Gasteiger partial charge in [0.25, 0.3) is 5.91 Å². The molecule has 1 aliphatic heterocycles. The Morgan fingerprint density at radius 3 is 2.44 bits per heavy atom. The molecule has 8 nitrogen and oxygen atoms in total. The molecule has 2 aromatic carbocycles. The number of nitrogens with zero attached hydrogens (tertiary/aromatic N) is 3. The van der Waals surface area contributed by atoms with Crippen molar-refractivity contribution in [3.05, 3.63) is 52.8 Å². The van der Waals surface area contributed by atoms with Crippen molar-refractivity contribution in [2.75, 3.05) is 33.4 Å². The highest BCUT2D eigenvalue weighted by Gasteiger charge is 2.31. The fourth-order valence-electron chi connectivity index (χ4n) is 4.73. The third kappa shape index (κ3) is 5.56. The summed E-state index contributed by atoms with van der Waals surface area (Å²) in [6.45, 7) is 8.70. The summed E-state index contributed by atoms with van der Waals surface area (Å²) >= 11 is 1.40. The minimum atomic E-state index is -3.61. The zero-order chi connectivity index (χ0) is 25.9. The van der Waals surface area contributed by atoms with Crippen LogP contribution in [-0.4, -0.2) is 56.6 Å². The van der Waals surface area contributed by atoms with Crippen molar-refractivity contribution >= 4 is 37.5 Å². The van der Waals surface area contributed by atoms with E-state index in [-0.39, 0.29) is 4.90 Å². The van der Waals surface area contributed by atoms with Gasteiger partial charge in [-0.2, -0.15) is 9.30 Å². The number of fused-ring (bicyclic) bond motifs is 1. The molecule has 0 bridgehead atoms. The molecular weight excluding hydrogens is 498 g/mol. The SMILES string of the molecule is CCOCCn1c(=NC(=O)c2ccc(S(=O)(=O)N3CC(C)CC(C)C3)cc2)sc2cccc(OC)c21. The smallest absolute Gasteiger partial charge is 0.279 e. The van der Waals surface area contributed by atoms with E-state index < -0.39 is 15.9 Å². The third-order valence-electron chi connectivity index (χ3n) is 6.32. The number of para-hydroxylation sites is 1. The molecule has 1 aliphatic rings. The van der Waals surface area contributed by atoms with E-state index in [4.69, 9.17) is 9.47 Å². The Morgan fingerprint density at radius 2 is 1.81 bits per heavy atom. The molecule has 0 spiro atoms. The van der Waals surface area contributed by atoms with E-state index in [2.05, 4.69) is 18.8 Å². The largest absolute Gasteiger partial charge is 0.495 e. The first-order chi connectivity index (χ1) is 17.2. The van der Waals surface area contributed by atoms with Crippen molar-refractivity contribution in [3.8, 4) is 5.75 Å². The fourth-order valence-corrected chi connectivity index (χ4v) is 7.48. The second kappa shape index (κ2) is 11.2. The summed E-state index contributed by atoms with van der Waals surface area (Å²) in [7, 11) is -2.00. The van der Waals surface area contributed by atoms with Crippen LogP contribution in [0.5, 0.6) is 5.75 Å². The third-order valence-corrected chi connectivity index (χ3v) is 9.21. The summed E-state index contributed by atoms with van der Waals surface area (Å²) < 4.78 is 41.9. The summed E-state index contributed by atoms with van der Waals surface area (Å²) in [5.74, 6) is 0.898. The van der Waals surface area contributed by atoms with Crippen LogP contribution in [0.2, 0.25) is 0 Å². The van der Waals surface area contributed by atoms with Crippen molar-refractivity contribution in [1.29, 1.82) is 0 Å². The first-order valence-electron chi connectivity index (χ1n) is 12.2. The van der Waals surface area contributed by atoms with Crippen LogP contribution >= 0.6 is 11.3 Å². The number of carbonyl (C=O) groups excluding carboxylic acids is 1. The van der Waals surface area contributed by atoms with Gasteiger partial charge in [0.2, 0.25) is 10.0 Å². The Labute approximate surface area is 216 Å². The van der Waals surface area contributed by atoms with Crippen LogP contribution in [-0.2, 0) is 21.3 Å². The molecular formula is C26H33N3O5S2. The predicted molar refractivity (Wildman–Crippen MR) is 141 cm³/mol. The van der Waals surface area contributed by atoms with Gasteiger partial charge in [0.1, 0.15) is 11.3 Å². The van der Waals surface area contributed by atoms with E-state index in [9.17, 15) is 13.2 Å². The van der Waals surface area contributed by atoms with Gasteiger partial charge in [0.05, 0.1) is 23.3 Å². The van der Waals surface area contributed by atoms with Crippen LogP contribution in [0.4, 0.5) is 0 Å². The topological polar surface area (TPSA) is 90.2 Å². The molecule has 1 aromatic heterocycles. The predicted octanol–water partition coefficient (Wildman–Crippen LogP) is 4.16. The molecule has 0 N–H and O–H groups in total. The lowest BCUT2D eigenvalue weighted by atomic mass is 9.94. The van der Waals surface area contributed by atoms with Crippen LogP contribution in [0.15, 0.2) is 52.4 Å². The number of piperidine rings is 1. The number of sulfonamides is 1. The zero-order valence-corrected chi connectivity index (χ0v) is 22.8. The molecule has 194 valence electrons. The van der Waals surface area contributed by atoms with Crippen LogP contribution in [0.25, 0.3) is 10.2 Å². The Bertz CT molecular complexity index is 1380. The number of aromatic nitrogens is 1. The number of hydrogen-bond donors (Lipinski definition) is 0. The highest BCUT2D eigenvalue weighted by atomic mass is 32.2. The Kier molecular flexibility index (Phi) is 8.29. The van der Waals surface area contributed by atoms with Crippen molar-refractivity contribution in [2.45, 2.75) is 38.6 Å². The van der Waals surface area contributed by atoms with Gasteiger partial charge in [-0.15, -0.1) is 0 Å². The minimum Gasteiger partial charge on any atom is -0.495 e. The fraction of sp³-hybridized carbons (Fsp3) is 0.462. The van der Waals surface area contributed by atoms with E-state index >= 15 is 0 Å². The molecule has 2 unspecified atom stereocenters. The molecule has 0 radical (unpaired) electrons.